The van der Waals surface area contributed by atoms with Crippen LogP contribution in [0.1, 0.15) is 6.23 Å². The predicted octanol–water partition coefficient (Wildman–Crippen LogP) is -1.31. The van der Waals surface area contributed by atoms with E-state index in [4.69, 9.17) is 32.2 Å². The van der Waals surface area contributed by atoms with Gasteiger partial charge < -0.3 is 25.1 Å². The number of nitrogens with two attached hydrogens (primary N) is 1. The Morgan fingerprint density at radius 3 is 2.87 bits per heavy atom. The standard InChI is InChI=1S/C11H10N4O6S2/c12-9-13-6-5(7(17)14-9)23-10(18)15(6)8-4-3(2(1-16)19-8)20-11(22)21-4/h2-4,8,16H,1H2,(H3,12,13,14,17)/t2?,3-,4-,8?/m1/s1. The molecule has 0 spiro atoms. The zero-order chi connectivity index (χ0) is 16.3. The first kappa shape index (κ1) is 14.6. The van der Waals surface area contributed by atoms with E-state index >= 15 is 0 Å². The van der Waals surface area contributed by atoms with Crippen molar-refractivity contribution in [3.05, 3.63) is 20.0 Å². The summed E-state index contributed by atoms with van der Waals surface area (Å²) in [5, 5.41) is 9.33. The minimum atomic E-state index is -0.937. The number of hydrogen-bond acceptors (Lipinski definition) is 10. The van der Waals surface area contributed by atoms with E-state index in [1.54, 1.807) is 0 Å². The van der Waals surface area contributed by atoms with Crippen molar-refractivity contribution >= 4 is 45.1 Å². The van der Waals surface area contributed by atoms with Gasteiger partial charge in [-0.15, -0.1) is 0 Å². The van der Waals surface area contributed by atoms with Crippen molar-refractivity contribution < 1.29 is 19.3 Å². The Morgan fingerprint density at radius 2 is 2.13 bits per heavy atom. The lowest BCUT2D eigenvalue weighted by Gasteiger charge is -2.17. The maximum Gasteiger partial charge on any atom is 0.353 e. The quantitative estimate of drug-likeness (QED) is 0.558. The number of thiocarbonyl (C=S) groups is 1. The first-order valence-electron chi connectivity index (χ1n) is 6.54. The molecule has 10 nitrogen and oxygen atoms in total. The van der Waals surface area contributed by atoms with E-state index in [2.05, 4.69) is 9.97 Å². The molecule has 122 valence electrons. The van der Waals surface area contributed by atoms with Gasteiger partial charge in [-0.2, -0.15) is 4.98 Å². The van der Waals surface area contributed by atoms with Crippen LogP contribution < -0.4 is 16.2 Å². The van der Waals surface area contributed by atoms with Crippen LogP contribution in [-0.2, 0) is 14.2 Å². The summed E-state index contributed by atoms with van der Waals surface area (Å²) in [4.78, 5) is 30.1. The number of rotatable bonds is 2. The van der Waals surface area contributed by atoms with E-state index in [1.807, 2.05) is 0 Å². The molecule has 2 saturated heterocycles. The SMILES string of the molecule is Nc1nc2c(sc(=O)n2C2OC(CO)[C@H]3OC(=S)O[C@@H]23)c(=O)[nH]1. The van der Waals surface area contributed by atoms with Crippen LogP contribution in [-0.4, -0.2) is 49.8 Å². The summed E-state index contributed by atoms with van der Waals surface area (Å²) in [6.45, 7) is -0.337. The molecular weight excluding hydrogens is 348 g/mol. The fourth-order valence-electron chi connectivity index (χ4n) is 2.75. The highest BCUT2D eigenvalue weighted by Crippen LogP contribution is 2.38. The molecule has 4 N–H and O–H groups in total. The number of fused-ring (bicyclic) bond motifs is 2. The highest BCUT2D eigenvalue weighted by Gasteiger charge is 2.54. The largest absolute Gasteiger partial charge is 0.446 e. The van der Waals surface area contributed by atoms with Gasteiger partial charge in [0.25, 0.3) is 5.56 Å². The van der Waals surface area contributed by atoms with Gasteiger partial charge >= 0.3 is 10.1 Å². The van der Waals surface area contributed by atoms with Gasteiger partial charge in [0.1, 0.15) is 10.8 Å². The van der Waals surface area contributed by atoms with Crippen LogP contribution in [0.3, 0.4) is 0 Å². The molecule has 23 heavy (non-hydrogen) atoms. The monoisotopic (exact) mass is 358 g/mol. The minimum absolute atomic E-state index is 0.0790. The lowest BCUT2D eigenvalue weighted by atomic mass is 10.1. The average molecular weight is 358 g/mol. The third-order valence-corrected chi connectivity index (χ3v) is 4.81. The molecule has 4 atom stereocenters. The maximum absolute atomic E-state index is 12.3. The normalized spacial score (nSPS) is 29.5. The second-order valence-corrected chi connectivity index (χ2v) is 6.30. The third-order valence-electron chi connectivity index (χ3n) is 3.68. The highest BCUT2D eigenvalue weighted by molar-refractivity contribution is 7.79. The van der Waals surface area contributed by atoms with Gasteiger partial charge in [-0.05, 0) is 0 Å². The zero-order valence-corrected chi connectivity index (χ0v) is 12.9. The van der Waals surface area contributed by atoms with Crippen molar-refractivity contribution in [1.29, 1.82) is 0 Å². The smallest absolute Gasteiger partial charge is 0.353 e. The van der Waals surface area contributed by atoms with Crippen LogP contribution in [0.5, 0.6) is 0 Å². The summed E-state index contributed by atoms with van der Waals surface area (Å²) in [7, 11) is 0. The molecule has 2 unspecified atom stereocenters. The van der Waals surface area contributed by atoms with Crippen molar-refractivity contribution in [3.8, 4) is 0 Å². The summed E-state index contributed by atoms with van der Waals surface area (Å²) in [6, 6.07) is 0. The van der Waals surface area contributed by atoms with E-state index < -0.39 is 35.0 Å². The summed E-state index contributed by atoms with van der Waals surface area (Å²) in [6.07, 6.45) is -3.02. The first-order valence-corrected chi connectivity index (χ1v) is 7.76. The van der Waals surface area contributed by atoms with E-state index in [-0.39, 0.29) is 28.1 Å². The van der Waals surface area contributed by atoms with Crippen LogP contribution >= 0.6 is 23.6 Å². The fraction of sp³-hybridized carbons (Fsp3) is 0.455. The molecule has 0 radical (unpaired) electrons. The lowest BCUT2D eigenvalue weighted by Crippen LogP contribution is -2.32. The molecule has 0 bridgehead atoms. The summed E-state index contributed by atoms with van der Waals surface area (Å²) < 4.78 is 17.7. The summed E-state index contributed by atoms with van der Waals surface area (Å²) in [5.74, 6) is -0.124. The van der Waals surface area contributed by atoms with Crippen LogP contribution in [0, 0.1) is 0 Å². The van der Waals surface area contributed by atoms with Gasteiger partial charge in [0.15, 0.2) is 24.1 Å². The molecule has 2 fully saturated rings. The number of aliphatic hydroxyl groups is 1. The van der Waals surface area contributed by atoms with Gasteiger partial charge in [0.05, 0.1) is 6.61 Å². The molecular formula is C11H10N4O6S2. The van der Waals surface area contributed by atoms with Gasteiger partial charge in [-0.3, -0.25) is 19.1 Å². The molecule has 0 saturated carbocycles. The van der Waals surface area contributed by atoms with Gasteiger partial charge in [-0.1, -0.05) is 11.3 Å². The van der Waals surface area contributed by atoms with E-state index in [0.717, 1.165) is 11.3 Å². The number of aliphatic hydroxyl groups excluding tert-OH is 1. The van der Waals surface area contributed by atoms with Crippen molar-refractivity contribution in [2.75, 3.05) is 12.3 Å². The van der Waals surface area contributed by atoms with Crippen molar-refractivity contribution in [2.45, 2.75) is 24.5 Å². The molecule has 2 aromatic heterocycles. The number of H-pyrrole nitrogens is 1. The molecule has 2 aliphatic heterocycles. The lowest BCUT2D eigenvalue weighted by molar-refractivity contribution is -0.0607. The fourth-order valence-corrected chi connectivity index (χ4v) is 3.82. The van der Waals surface area contributed by atoms with Crippen molar-refractivity contribution in [3.63, 3.8) is 0 Å². The van der Waals surface area contributed by atoms with E-state index in [0.29, 0.717) is 0 Å². The number of aromatic amines is 1. The van der Waals surface area contributed by atoms with E-state index in [9.17, 15) is 14.7 Å². The van der Waals surface area contributed by atoms with Crippen LogP contribution in [0.2, 0.25) is 0 Å². The Bertz CT molecular complexity index is 919. The van der Waals surface area contributed by atoms with Crippen LogP contribution in [0.4, 0.5) is 5.95 Å². The van der Waals surface area contributed by atoms with Crippen LogP contribution in [0.25, 0.3) is 10.3 Å². The molecule has 2 aromatic rings. The topological polar surface area (TPSA) is 142 Å². The van der Waals surface area contributed by atoms with Crippen LogP contribution in [0.15, 0.2) is 9.59 Å². The third kappa shape index (κ3) is 2.06. The van der Waals surface area contributed by atoms with Crippen molar-refractivity contribution in [1.82, 2.24) is 14.5 Å². The second-order valence-electron chi connectivity index (χ2n) is 5.00. The Morgan fingerprint density at radius 1 is 1.39 bits per heavy atom. The molecule has 0 amide bonds. The zero-order valence-electron chi connectivity index (χ0n) is 11.3. The number of nitrogens with zero attached hydrogens (tertiary/aromatic N) is 2. The highest BCUT2D eigenvalue weighted by atomic mass is 32.1. The summed E-state index contributed by atoms with van der Waals surface area (Å²) >= 11 is 5.59. The average Bonchev–Trinajstić information content (AvgIpc) is 3.10. The number of nitrogen functional groups attached to an aromatic ring is 1. The molecule has 12 heteroatoms. The first-order chi connectivity index (χ1) is 11.0. The molecule has 2 aliphatic rings. The Hall–Kier alpha value is -2.02. The Labute approximate surface area is 136 Å². The second kappa shape index (κ2) is 4.99. The van der Waals surface area contributed by atoms with Gasteiger partial charge in [-0.25, -0.2) is 0 Å². The number of thiazole rings is 1. The number of ether oxygens (including phenoxy) is 3. The number of anilines is 1. The van der Waals surface area contributed by atoms with E-state index in [1.165, 1.54) is 4.57 Å². The predicted molar refractivity (Wildman–Crippen MR) is 82.3 cm³/mol. The number of aromatic nitrogens is 3. The van der Waals surface area contributed by atoms with Gasteiger partial charge in [0.2, 0.25) is 5.95 Å². The molecule has 0 aromatic carbocycles. The van der Waals surface area contributed by atoms with Crippen molar-refractivity contribution in [2.24, 2.45) is 0 Å². The number of hydrogen-bond donors (Lipinski definition) is 3. The molecule has 4 rings (SSSR count). The molecule has 0 aliphatic carbocycles. The summed E-state index contributed by atoms with van der Waals surface area (Å²) in [5.41, 5.74) is 5.12. The minimum Gasteiger partial charge on any atom is -0.446 e. The Balaban J connectivity index is 1.89. The Kier molecular flexibility index (Phi) is 3.16. The molecule has 4 heterocycles. The number of nitrogens with one attached hydrogen (secondary N) is 1. The maximum atomic E-state index is 12.3. The van der Waals surface area contributed by atoms with Gasteiger partial charge in [0, 0.05) is 12.2 Å².